The molecule has 0 radical (unpaired) electrons. The average Bonchev–Trinajstić information content (AvgIpc) is 2.69. The molecule has 0 bridgehead atoms. The standard InChI is InChI=1S/C24H23BrFN3O/c1-14(2)11-21-24(29-22(30)12-15-3-6-17(25)7-4-15)28-20-10-5-16-13-18(26)8-9-19(16)23(20)27-21/h3-4,6-9,13-14H,5,10-12H2,1-2H3,(H,28,29,30). The third-order valence-corrected chi connectivity index (χ3v) is 5.66. The van der Waals surface area contributed by atoms with Crippen LogP contribution >= 0.6 is 15.9 Å². The van der Waals surface area contributed by atoms with Crippen LogP contribution in [0.3, 0.4) is 0 Å². The summed E-state index contributed by atoms with van der Waals surface area (Å²) in [5.41, 5.74) is 5.24. The van der Waals surface area contributed by atoms with E-state index in [4.69, 9.17) is 9.97 Å². The predicted molar refractivity (Wildman–Crippen MR) is 120 cm³/mol. The molecule has 1 aromatic heterocycles. The molecule has 1 aliphatic carbocycles. The summed E-state index contributed by atoms with van der Waals surface area (Å²) >= 11 is 3.41. The van der Waals surface area contributed by atoms with Crippen molar-refractivity contribution in [3.05, 3.63) is 75.3 Å². The summed E-state index contributed by atoms with van der Waals surface area (Å²) < 4.78 is 14.6. The van der Waals surface area contributed by atoms with Crippen LogP contribution in [0.15, 0.2) is 46.9 Å². The molecule has 4 nitrogen and oxygen atoms in total. The summed E-state index contributed by atoms with van der Waals surface area (Å²) in [6.45, 7) is 4.22. The Labute approximate surface area is 184 Å². The molecule has 0 spiro atoms. The van der Waals surface area contributed by atoms with E-state index in [1.54, 1.807) is 12.1 Å². The van der Waals surface area contributed by atoms with Gasteiger partial charge in [-0.15, -0.1) is 0 Å². The molecule has 0 saturated carbocycles. The summed E-state index contributed by atoms with van der Waals surface area (Å²) in [6, 6.07) is 12.5. The van der Waals surface area contributed by atoms with Gasteiger partial charge in [-0.25, -0.2) is 14.4 Å². The number of anilines is 1. The zero-order valence-corrected chi connectivity index (χ0v) is 18.6. The molecular weight excluding hydrogens is 445 g/mol. The molecule has 0 atom stereocenters. The van der Waals surface area contributed by atoms with Crippen LogP contribution in [0.4, 0.5) is 10.2 Å². The summed E-state index contributed by atoms with van der Waals surface area (Å²) in [7, 11) is 0. The molecule has 3 aromatic rings. The zero-order chi connectivity index (χ0) is 21.3. The summed E-state index contributed by atoms with van der Waals surface area (Å²) in [5.74, 6) is 0.546. The van der Waals surface area contributed by atoms with Crippen LogP contribution in [-0.2, 0) is 30.5 Å². The average molecular weight is 468 g/mol. The van der Waals surface area contributed by atoms with E-state index in [2.05, 4.69) is 35.1 Å². The van der Waals surface area contributed by atoms with Crippen molar-refractivity contribution in [2.24, 2.45) is 5.92 Å². The molecular formula is C24H23BrFN3O. The van der Waals surface area contributed by atoms with E-state index < -0.39 is 0 Å². The summed E-state index contributed by atoms with van der Waals surface area (Å²) in [6.07, 6.45) is 2.36. The molecule has 2 aromatic carbocycles. The maximum atomic E-state index is 13.6. The molecule has 1 N–H and O–H groups in total. The van der Waals surface area contributed by atoms with E-state index in [9.17, 15) is 9.18 Å². The topological polar surface area (TPSA) is 54.9 Å². The van der Waals surface area contributed by atoms with Gasteiger partial charge < -0.3 is 5.32 Å². The maximum Gasteiger partial charge on any atom is 0.229 e. The number of benzene rings is 2. The van der Waals surface area contributed by atoms with E-state index in [-0.39, 0.29) is 18.1 Å². The number of rotatable bonds is 5. The van der Waals surface area contributed by atoms with Crippen LogP contribution in [0, 0.1) is 11.7 Å². The van der Waals surface area contributed by atoms with Crippen molar-refractivity contribution >= 4 is 27.7 Å². The Hall–Kier alpha value is -2.60. The highest BCUT2D eigenvalue weighted by molar-refractivity contribution is 9.10. The van der Waals surface area contributed by atoms with Gasteiger partial charge in [-0.05, 0) is 66.6 Å². The van der Waals surface area contributed by atoms with Crippen LogP contribution in [-0.4, -0.2) is 15.9 Å². The Morgan fingerprint density at radius 3 is 2.63 bits per heavy atom. The van der Waals surface area contributed by atoms with Gasteiger partial charge in [-0.3, -0.25) is 4.79 Å². The van der Waals surface area contributed by atoms with Gasteiger partial charge in [0.2, 0.25) is 5.91 Å². The van der Waals surface area contributed by atoms with Crippen molar-refractivity contribution in [3.8, 4) is 11.3 Å². The second kappa shape index (κ2) is 8.64. The number of carbonyl (C=O) groups is 1. The third kappa shape index (κ3) is 4.59. The number of hydrogen-bond acceptors (Lipinski definition) is 3. The van der Waals surface area contributed by atoms with Crippen LogP contribution < -0.4 is 5.32 Å². The summed E-state index contributed by atoms with van der Waals surface area (Å²) in [5, 5.41) is 2.98. The zero-order valence-electron chi connectivity index (χ0n) is 17.0. The fraction of sp³-hybridized carbons (Fsp3) is 0.292. The Morgan fingerprint density at radius 1 is 1.13 bits per heavy atom. The minimum atomic E-state index is -0.232. The Balaban J connectivity index is 1.65. The molecule has 0 fully saturated rings. The van der Waals surface area contributed by atoms with Crippen molar-refractivity contribution in [2.45, 2.75) is 39.5 Å². The fourth-order valence-electron chi connectivity index (χ4n) is 3.74. The lowest BCUT2D eigenvalue weighted by molar-refractivity contribution is -0.115. The first-order valence-electron chi connectivity index (χ1n) is 10.1. The first-order valence-corrected chi connectivity index (χ1v) is 10.9. The molecule has 4 rings (SSSR count). The van der Waals surface area contributed by atoms with Gasteiger partial charge in [0, 0.05) is 10.0 Å². The highest BCUT2D eigenvalue weighted by Gasteiger charge is 2.23. The molecule has 1 amide bonds. The minimum Gasteiger partial charge on any atom is -0.309 e. The maximum absolute atomic E-state index is 13.6. The minimum absolute atomic E-state index is 0.116. The molecule has 154 valence electrons. The Kier molecular flexibility index (Phi) is 5.95. The SMILES string of the molecule is CC(C)Cc1nc2c(nc1NC(=O)Cc1ccc(Br)cc1)CCc1cc(F)ccc1-2. The van der Waals surface area contributed by atoms with Crippen LogP contribution in [0.5, 0.6) is 0 Å². The van der Waals surface area contributed by atoms with Crippen LogP contribution in [0.1, 0.15) is 36.4 Å². The highest BCUT2D eigenvalue weighted by atomic mass is 79.9. The number of nitrogens with zero attached hydrogens (tertiary/aromatic N) is 2. The van der Waals surface area contributed by atoms with Crippen LogP contribution in [0.25, 0.3) is 11.3 Å². The van der Waals surface area contributed by atoms with Gasteiger partial charge in [0.1, 0.15) is 5.82 Å². The van der Waals surface area contributed by atoms with E-state index in [0.717, 1.165) is 38.2 Å². The van der Waals surface area contributed by atoms with Gasteiger partial charge in [0.25, 0.3) is 0 Å². The number of hydrogen-bond donors (Lipinski definition) is 1. The quantitative estimate of drug-likeness (QED) is 0.536. The van der Waals surface area contributed by atoms with Gasteiger partial charge in [0.15, 0.2) is 5.82 Å². The monoisotopic (exact) mass is 467 g/mol. The number of aryl methyl sites for hydroxylation is 2. The van der Waals surface area contributed by atoms with E-state index in [0.29, 0.717) is 31.0 Å². The van der Waals surface area contributed by atoms with Crippen molar-refractivity contribution in [1.82, 2.24) is 9.97 Å². The Bertz CT molecular complexity index is 1100. The van der Waals surface area contributed by atoms with Crippen molar-refractivity contribution < 1.29 is 9.18 Å². The lowest BCUT2D eigenvalue weighted by atomic mass is 9.91. The molecule has 1 aliphatic rings. The van der Waals surface area contributed by atoms with E-state index >= 15 is 0 Å². The molecule has 0 saturated heterocycles. The fourth-order valence-corrected chi connectivity index (χ4v) is 4.01. The van der Waals surface area contributed by atoms with Gasteiger partial charge in [0.05, 0.1) is 23.5 Å². The van der Waals surface area contributed by atoms with Crippen molar-refractivity contribution in [1.29, 1.82) is 0 Å². The van der Waals surface area contributed by atoms with Gasteiger partial charge in [-0.2, -0.15) is 0 Å². The highest BCUT2D eigenvalue weighted by Crippen LogP contribution is 2.33. The lowest BCUT2D eigenvalue weighted by Crippen LogP contribution is -2.20. The first kappa shape index (κ1) is 20.7. The number of halogens is 2. The smallest absolute Gasteiger partial charge is 0.229 e. The second-order valence-electron chi connectivity index (χ2n) is 8.07. The largest absolute Gasteiger partial charge is 0.309 e. The van der Waals surface area contributed by atoms with E-state index in [1.807, 2.05) is 24.3 Å². The number of nitrogens with one attached hydrogen (secondary N) is 1. The second-order valence-corrected chi connectivity index (χ2v) is 8.98. The number of carbonyl (C=O) groups excluding carboxylic acids is 1. The van der Waals surface area contributed by atoms with Gasteiger partial charge in [-0.1, -0.05) is 41.9 Å². The molecule has 0 unspecified atom stereocenters. The van der Waals surface area contributed by atoms with Crippen LogP contribution in [0.2, 0.25) is 0 Å². The molecule has 30 heavy (non-hydrogen) atoms. The van der Waals surface area contributed by atoms with Crippen molar-refractivity contribution in [2.75, 3.05) is 5.32 Å². The predicted octanol–water partition coefficient (Wildman–Crippen LogP) is 5.52. The van der Waals surface area contributed by atoms with E-state index in [1.165, 1.54) is 6.07 Å². The normalized spacial score (nSPS) is 12.4. The molecule has 6 heteroatoms. The number of fused-ring (bicyclic) bond motifs is 3. The Morgan fingerprint density at radius 2 is 1.90 bits per heavy atom. The first-order chi connectivity index (χ1) is 14.4. The van der Waals surface area contributed by atoms with Gasteiger partial charge >= 0.3 is 0 Å². The number of aromatic nitrogens is 2. The lowest BCUT2D eigenvalue weighted by Gasteiger charge is -2.21. The summed E-state index contributed by atoms with van der Waals surface area (Å²) in [4.78, 5) is 22.4. The molecule has 0 aliphatic heterocycles. The molecule has 1 heterocycles. The van der Waals surface area contributed by atoms with Crippen molar-refractivity contribution in [3.63, 3.8) is 0 Å². The third-order valence-electron chi connectivity index (χ3n) is 5.13. The number of amides is 1.